The second-order valence-electron chi connectivity index (χ2n) is 4.98. The molecule has 0 radical (unpaired) electrons. The van der Waals surface area contributed by atoms with Gasteiger partial charge in [0.05, 0.1) is 43.1 Å². The van der Waals surface area contributed by atoms with Crippen LogP contribution >= 0.6 is 0 Å². The van der Waals surface area contributed by atoms with E-state index in [0.717, 1.165) is 30.0 Å². The topological polar surface area (TPSA) is 64.5 Å². The lowest BCUT2D eigenvalue weighted by molar-refractivity contribution is 0.0601. The number of carbonyl (C=O) groups excluding carboxylic acids is 1. The number of nitrogens with zero attached hydrogens (tertiary/aromatic N) is 3. The van der Waals surface area contributed by atoms with Crippen LogP contribution in [0, 0.1) is 6.92 Å². The first-order valence-corrected chi connectivity index (χ1v) is 6.87. The van der Waals surface area contributed by atoms with E-state index in [4.69, 9.17) is 9.47 Å². The number of hydrogen-bond donors (Lipinski definition) is 0. The van der Waals surface area contributed by atoms with Crippen molar-refractivity contribution in [3.05, 3.63) is 29.5 Å². The van der Waals surface area contributed by atoms with Gasteiger partial charge in [0.2, 0.25) is 0 Å². The molecule has 1 saturated heterocycles. The molecule has 0 aliphatic carbocycles. The maximum atomic E-state index is 11.6. The van der Waals surface area contributed by atoms with Gasteiger partial charge in [-0.15, -0.1) is 0 Å². The Morgan fingerprint density at radius 2 is 2.10 bits per heavy atom. The van der Waals surface area contributed by atoms with Gasteiger partial charge in [-0.1, -0.05) is 0 Å². The summed E-state index contributed by atoms with van der Waals surface area (Å²) in [5.74, 6) is 0.485. The van der Waals surface area contributed by atoms with E-state index in [1.807, 2.05) is 6.92 Å². The first kappa shape index (κ1) is 13.8. The Hall–Kier alpha value is -2.21. The van der Waals surface area contributed by atoms with E-state index >= 15 is 0 Å². The highest BCUT2D eigenvalue weighted by atomic mass is 16.5. The van der Waals surface area contributed by atoms with Crippen LogP contribution in [0.1, 0.15) is 15.9 Å². The average Bonchev–Trinajstić information content (AvgIpc) is 2.54. The van der Waals surface area contributed by atoms with Crippen LogP contribution in [-0.2, 0) is 9.47 Å². The number of fused-ring (bicyclic) bond motifs is 1. The Morgan fingerprint density at radius 1 is 1.33 bits per heavy atom. The van der Waals surface area contributed by atoms with Crippen LogP contribution in [0.25, 0.3) is 11.0 Å². The zero-order chi connectivity index (χ0) is 14.8. The summed E-state index contributed by atoms with van der Waals surface area (Å²) >= 11 is 0. The Labute approximate surface area is 122 Å². The van der Waals surface area contributed by atoms with Crippen molar-refractivity contribution in [1.29, 1.82) is 0 Å². The van der Waals surface area contributed by atoms with Crippen LogP contribution in [0.4, 0.5) is 5.82 Å². The Morgan fingerprint density at radius 3 is 2.81 bits per heavy atom. The maximum Gasteiger partial charge on any atom is 0.337 e. The number of carbonyl (C=O) groups is 1. The average molecular weight is 287 g/mol. The molecule has 0 amide bonds. The molecule has 110 valence electrons. The van der Waals surface area contributed by atoms with Crippen molar-refractivity contribution in [3.63, 3.8) is 0 Å². The van der Waals surface area contributed by atoms with Crippen LogP contribution in [-0.4, -0.2) is 49.4 Å². The largest absolute Gasteiger partial charge is 0.465 e. The normalized spacial score (nSPS) is 15.2. The summed E-state index contributed by atoms with van der Waals surface area (Å²) in [5, 5.41) is 0. The van der Waals surface area contributed by atoms with Crippen LogP contribution in [0.2, 0.25) is 0 Å². The van der Waals surface area contributed by atoms with Crippen LogP contribution in [0.5, 0.6) is 0 Å². The molecule has 1 aromatic heterocycles. The number of rotatable bonds is 2. The molecule has 0 spiro atoms. The summed E-state index contributed by atoms with van der Waals surface area (Å²) in [6.45, 7) is 4.98. The molecule has 1 aliphatic rings. The molecule has 0 N–H and O–H groups in total. The maximum absolute atomic E-state index is 11.6. The van der Waals surface area contributed by atoms with E-state index in [-0.39, 0.29) is 5.97 Å². The summed E-state index contributed by atoms with van der Waals surface area (Å²) < 4.78 is 10.1. The van der Waals surface area contributed by atoms with Crippen molar-refractivity contribution >= 4 is 22.8 Å². The minimum absolute atomic E-state index is 0.362. The lowest BCUT2D eigenvalue weighted by Gasteiger charge is -2.27. The number of benzene rings is 1. The summed E-state index contributed by atoms with van der Waals surface area (Å²) in [5.41, 5.74) is 2.92. The lowest BCUT2D eigenvalue weighted by Crippen LogP contribution is -2.36. The number of aromatic nitrogens is 2. The van der Waals surface area contributed by atoms with Crippen molar-refractivity contribution < 1.29 is 14.3 Å². The van der Waals surface area contributed by atoms with Crippen molar-refractivity contribution in [3.8, 4) is 0 Å². The van der Waals surface area contributed by atoms with Crippen LogP contribution in [0.15, 0.2) is 18.3 Å². The molecular formula is C15H17N3O3. The van der Waals surface area contributed by atoms with Gasteiger partial charge >= 0.3 is 5.97 Å². The molecule has 0 saturated carbocycles. The molecule has 0 unspecified atom stereocenters. The van der Waals surface area contributed by atoms with Gasteiger partial charge in [0.15, 0.2) is 0 Å². The van der Waals surface area contributed by atoms with Gasteiger partial charge in [-0.2, -0.15) is 0 Å². The van der Waals surface area contributed by atoms with Gasteiger partial charge in [0.25, 0.3) is 0 Å². The van der Waals surface area contributed by atoms with Crippen molar-refractivity contribution in [1.82, 2.24) is 9.97 Å². The molecule has 0 bridgehead atoms. The van der Waals surface area contributed by atoms with E-state index in [1.165, 1.54) is 7.11 Å². The van der Waals surface area contributed by atoms with E-state index in [9.17, 15) is 4.79 Å². The number of methoxy groups -OCH3 is 1. The van der Waals surface area contributed by atoms with Crippen LogP contribution in [0.3, 0.4) is 0 Å². The Bertz CT molecular complexity index is 681. The highest BCUT2D eigenvalue weighted by Gasteiger charge is 2.15. The summed E-state index contributed by atoms with van der Waals surface area (Å²) in [4.78, 5) is 22.9. The molecular weight excluding hydrogens is 270 g/mol. The second-order valence-corrected chi connectivity index (χ2v) is 4.98. The Balaban J connectivity index is 2.01. The number of hydrogen-bond acceptors (Lipinski definition) is 6. The highest BCUT2D eigenvalue weighted by molar-refractivity contribution is 5.94. The first-order chi connectivity index (χ1) is 10.2. The predicted molar refractivity (Wildman–Crippen MR) is 78.6 cm³/mol. The van der Waals surface area contributed by atoms with Gasteiger partial charge in [0, 0.05) is 13.1 Å². The summed E-state index contributed by atoms with van der Waals surface area (Å²) in [7, 11) is 1.37. The van der Waals surface area contributed by atoms with E-state index in [0.29, 0.717) is 24.3 Å². The molecule has 1 fully saturated rings. The summed E-state index contributed by atoms with van der Waals surface area (Å²) in [6.07, 6.45) is 1.74. The molecule has 6 nitrogen and oxygen atoms in total. The smallest absolute Gasteiger partial charge is 0.337 e. The third-order valence-electron chi connectivity index (χ3n) is 3.58. The highest BCUT2D eigenvalue weighted by Crippen LogP contribution is 2.21. The third-order valence-corrected chi connectivity index (χ3v) is 3.58. The van der Waals surface area contributed by atoms with Gasteiger partial charge < -0.3 is 14.4 Å². The Kier molecular flexibility index (Phi) is 3.70. The van der Waals surface area contributed by atoms with Gasteiger partial charge in [-0.05, 0) is 24.6 Å². The molecule has 1 aromatic carbocycles. The number of esters is 1. The SMILES string of the molecule is COC(=O)c1cc(C)c2nc(N3CCOCC3)cnc2c1. The van der Waals surface area contributed by atoms with Gasteiger partial charge in [-0.25, -0.2) is 9.78 Å². The minimum atomic E-state index is -0.362. The standard InChI is InChI=1S/C15H17N3O3/c1-10-7-11(15(19)20-2)8-12-14(10)17-13(9-16-12)18-3-5-21-6-4-18/h7-9H,3-6H2,1-2H3. The molecule has 2 aromatic rings. The number of morpholine rings is 1. The quantitative estimate of drug-likeness (QED) is 0.781. The molecule has 6 heteroatoms. The molecule has 2 heterocycles. The fraction of sp³-hybridized carbons (Fsp3) is 0.400. The predicted octanol–water partition coefficient (Wildman–Crippen LogP) is 1.56. The van der Waals surface area contributed by atoms with E-state index < -0.39 is 0 Å². The fourth-order valence-electron chi connectivity index (χ4n) is 2.46. The summed E-state index contributed by atoms with van der Waals surface area (Å²) in [6, 6.07) is 3.50. The second kappa shape index (κ2) is 5.65. The van der Waals surface area contributed by atoms with E-state index in [1.54, 1.807) is 18.3 Å². The first-order valence-electron chi connectivity index (χ1n) is 6.87. The fourth-order valence-corrected chi connectivity index (χ4v) is 2.46. The lowest BCUT2D eigenvalue weighted by atomic mass is 10.1. The molecule has 21 heavy (non-hydrogen) atoms. The number of anilines is 1. The monoisotopic (exact) mass is 287 g/mol. The zero-order valence-electron chi connectivity index (χ0n) is 12.1. The van der Waals surface area contributed by atoms with Gasteiger partial charge in [-0.3, -0.25) is 4.98 Å². The number of ether oxygens (including phenoxy) is 2. The molecule has 1 aliphatic heterocycles. The van der Waals surface area contributed by atoms with Crippen molar-refractivity contribution in [2.24, 2.45) is 0 Å². The van der Waals surface area contributed by atoms with Gasteiger partial charge in [0.1, 0.15) is 5.82 Å². The van der Waals surface area contributed by atoms with Crippen molar-refractivity contribution in [2.75, 3.05) is 38.3 Å². The third kappa shape index (κ3) is 2.67. The molecule has 3 rings (SSSR count). The van der Waals surface area contributed by atoms with E-state index in [2.05, 4.69) is 14.9 Å². The molecule has 0 atom stereocenters. The minimum Gasteiger partial charge on any atom is -0.465 e. The zero-order valence-corrected chi connectivity index (χ0v) is 12.1. The number of aryl methyl sites for hydroxylation is 1. The van der Waals surface area contributed by atoms with Crippen molar-refractivity contribution in [2.45, 2.75) is 6.92 Å². The van der Waals surface area contributed by atoms with Crippen LogP contribution < -0.4 is 4.90 Å².